The van der Waals surface area contributed by atoms with Gasteiger partial charge in [0.2, 0.25) is 5.91 Å². The van der Waals surface area contributed by atoms with E-state index in [0.717, 1.165) is 6.54 Å². The Kier molecular flexibility index (Phi) is 5.01. The number of hydrogen-bond donors (Lipinski definition) is 2. The van der Waals surface area contributed by atoms with Crippen molar-refractivity contribution in [3.8, 4) is 0 Å². The zero-order chi connectivity index (χ0) is 15.5. The van der Waals surface area contributed by atoms with E-state index in [9.17, 15) is 4.79 Å². The van der Waals surface area contributed by atoms with E-state index in [1.807, 2.05) is 6.92 Å². The van der Waals surface area contributed by atoms with Crippen molar-refractivity contribution in [2.24, 2.45) is 0 Å². The number of amides is 1. The van der Waals surface area contributed by atoms with Crippen LogP contribution in [0.15, 0.2) is 24.3 Å². The molecule has 21 heavy (non-hydrogen) atoms. The zero-order valence-corrected chi connectivity index (χ0v) is 13.4. The highest BCUT2D eigenvalue weighted by atomic mass is 16.5. The van der Waals surface area contributed by atoms with E-state index >= 15 is 0 Å². The molecule has 1 aliphatic rings. The molecule has 0 radical (unpaired) electrons. The second kappa shape index (κ2) is 6.58. The highest BCUT2D eigenvalue weighted by molar-refractivity contribution is 5.82. The Balaban J connectivity index is 1.94. The molecule has 1 fully saturated rings. The van der Waals surface area contributed by atoms with Gasteiger partial charge >= 0.3 is 0 Å². The van der Waals surface area contributed by atoms with E-state index in [2.05, 4.69) is 55.7 Å². The van der Waals surface area contributed by atoms with E-state index in [4.69, 9.17) is 4.74 Å². The van der Waals surface area contributed by atoms with E-state index in [0.29, 0.717) is 13.2 Å². The van der Waals surface area contributed by atoms with Crippen molar-refractivity contribution >= 4 is 5.91 Å². The summed E-state index contributed by atoms with van der Waals surface area (Å²) < 4.78 is 5.52. The zero-order valence-electron chi connectivity index (χ0n) is 13.4. The maximum atomic E-state index is 12.3. The third kappa shape index (κ3) is 4.05. The maximum absolute atomic E-state index is 12.3. The smallest absolute Gasteiger partial charge is 0.239 e. The standard InChI is InChI=1S/C17H26N2O2/c1-12-5-7-14(8-6-12)17(3,4)11-19-16(20)15-13(2)21-10-9-18-15/h5-8,13,15,18H,9-11H2,1-4H3,(H,19,20)/t13-,15+/m1/s1. The van der Waals surface area contributed by atoms with E-state index < -0.39 is 0 Å². The lowest BCUT2D eigenvalue weighted by atomic mass is 9.84. The number of benzene rings is 1. The molecule has 2 atom stereocenters. The highest BCUT2D eigenvalue weighted by Crippen LogP contribution is 2.22. The van der Waals surface area contributed by atoms with E-state index in [1.165, 1.54) is 11.1 Å². The van der Waals surface area contributed by atoms with Crippen LogP contribution in [0.1, 0.15) is 31.9 Å². The van der Waals surface area contributed by atoms with Crippen LogP contribution in [0.2, 0.25) is 0 Å². The molecule has 1 aliphatic heterocycles. The van der Waals surface area contributed by atoms with Gasteiger partial charge in [0.15, 0.2) is 0 Å². The van der Waals surface area contributed by atoms with Crippen LogP contribution in [0, 0.1) is 6.92 Å². The molecular weight excluding hydrogens is 264 g/mol. The van der Waals surface area contributed by atoms with Gasteiger partial charge in [0.05, 0.1) is 12.7 Å². The van der Waals surface area contributed by atoms with Gasteiger partial charge in [-0.05, 0) is 19.4 Å². The van der Waals surface area contributed by atoms with Crippen LogP contribution in [0.5, 0.6) is 0 Å². The Bertz CT molecular complexity index is 482. The van der Waals surface area contributed by atoms with Gasteiger partial charge in [-0.2, -0.15) is 0 Å². The fourth-order valence-corrected chi connectivity index (χ4v) is 2.55. The molecule has 4 nitrogen and oxygen atoms in total. The highest BCUT2D eigenvalue weighted by Gasteiger charge is 2.29. The predicted molar refractivity (Wildman–Crippen MR) is 84.4 cm³/mol. The van der Waals surface area contributed by atoms with E-state index in [-0.39, 0.29) is 23.5 Å². The van der Waals surface area contributed by atoms with Crippen LogP contribution in [0.25, 0.3) is 0 Å². The third-order valence-corrected chi connectivity index (χ3v) is 4.14. The number of hydrogen-bond acceptors (Lipinski definition) is 3. The van der Waals surface area contributed by atoms with Gasteiger partial charge in [0, 0.05) is 18.5 Å². The molecule has 0 bridgehead atoms. The SMILES string of the molecule is Cc1ccc(C(C)(C)CNC(=O)[C@H]2NCCO[C@@H]2C)cc1. The first-order chi connectivity index (χ1) is 9.90. The minimum Gasteiger partial charge on any atom is -0.375 e. The lowest BCUT2D eigenvalue weighted by Gasteiger charge is -2.31. The summed E-state index contributed by atoms with van der Waals surface area (Å²) in [7, 11) is 0. The Morgan fingerprint density at radius 1 is 1.38 bits per heavy atom. The van der Waals surface area contributed by atoms with Crippen LogP contribution in [0.3, 0.4) is 0 Å². The lowest BCUT2D eigenvalue weighted by Crippen LogP contribution is -2.56. The summed E-state index contributed by atoms with van der Waals surface area (Å²) in [5.41, 5.74) is 2.38. The molecule has 0 aliphatic carbocycles. The molecule has 1 aromatic carbocycles. The van der Waals surface area contributed by atoms with Gasteiger partial charge < -0.3 is 15.4 Å². The molecule has 0 unspecified atom stereocenters. The van der Waals surface area contributed by atoms with Gasteiger partial charge in [0.25, 0.3) is 0 Å². The van der Waals surface area contributed by atoms with Crippen molar-refractivity contribution in [2.45, 2.75) is 45.3 Å². The van der Waals surface area contributed by atoms with Crippen LogP contribution < -0.4 is 10.6 Å². The average molecular weight is 290 g/mol. The summed E-state index contributed by atoms with van der Waals surface area (Å²) in [6.45, 7) is 10.3. The largest absolute Gasteiger partial charge is 0.375 e. The molecule has 2 rings (SSSR count). The fraction of sp³-hybridized carbons (Fsp3) is 0.588. The summed E-state index contributed by atoms with van der Waals surface area (Å²) in [5.74, 6) is 0.0161. The number of nitrogens with one attached hydrogen (secondary N) is 2. The van der Waals surface area contributed by atoms with E-state index in [1.54, 1.807) is 0 Å². The third-order valence-electron chi connectivity index (χ3n) is 4.14. The molecule has 1 aromatic rings. The van der Waals surface area contributed by atoms with Crippen molar-refractivity contribution in [1.29, 1.82) is 0 Å². The second-order valence-electron chi connectivity index (χ2n) is 6.48. The van der Waals surface area contributed by atoms with Crippen LogP contribution in [-0.2, 0) is 14.9 Å². The van der Waals surface area contributed by atoms with Crippen molar-refractivity contribution in [3.05, 3.63) is 35.4 Å². The molecule has 0 spiro atoms. The summed E-state index contributed by atoms with van der Waals surface area (Å²) in [6.07, 6.45) is -0.0822. The maximum Gasteiger partial charge on any atom is 0.239 e. The lowest BCUT2D eigenvalue weighted by molar-refractivity contribution is -0.129. The van der Waals surface area contributed by atoms with Crippen molar-refractivity contribution in [1.82, 2.24) is 10.6 Å². The number of ether oxygens (including phenoxy) is 1. The van der Waals surface area contributed by atoms with Crippen LogP contribution in [0.4, 0.5) is 0 Å². The number of morpholine rings is 1. The quantitative estimate of drug-likeness (QED) is 0.888. The molecule has 0 saturated carbocycles. The Morgan fingerprint density at radius 2 is 2.05 bits per heavy atom. The first-order valence-electron chi connectivity index (χ1n) is 7.60. The fourth-order valence-electron chi connectivity index (χ4n) is 2.55. The summed E-state index contributed by atoms with van der Waals surface area (Å²) in [5, 5.41) is 6.27. The number of aryl methyl sites for hydroxylation is 1. The molecule has 4 heteroatoms. The Hall–Kier alpha value is -1.39. The Morgan fingerprint density at radius 3 is 2.67 bits per heavy atom. The van der Waals surface area contributed by atoms with Crippen LogP contribution in [-0.4, -0.2) is 37.7 Å². The average Bonchev–Trinajstić information content (AvgIpc) is 2.46. The molecule has 2 N–H and O–H groups in total. The van der Waals surface area contributed by atoms with Gasteiger partial charge in [-0.1, -0.05) is 43.7 Å². The number of rotatable bonds is 4. The first kappa shape index (κ1) is 16.0. The van der Waals surface area contributed by atoms with Crippen molar-refractivity contribution in [2.75, 3.05) is 19.7 Å². The van der Waals surface area contributed by atoms with Crippen LogP contribution >= 0.6 is 0 Å². The molecule has 116 valence electrons. The molecule has 1 saturated heterocycles. The van der Waals surface area contributed by atoms with Gasteiger partial charge in [-0.25, -0.2) is 0 Å². The topological polar surface area (TPSA) is 50.4 Å². The van der Waals surface area contributed by atoms with Gasteiger partial charge in [0.1, 0.15) is 6.04 Å². The van der Waals surface area contributed by atoms with Crippen molar-refractivity contribution < 1.29 is 9.53 Å². The van der Waals surface area contributed by atoms with Gasteiger partial charge in [-0.3, -0.25) is 4.79 Å². The molecule has 0 aromatic heterocycles. The molecule has 1 amide bonds. The minimum absolute atomic E-state index is 0.0161. The normalized spacial score (nSPS) is 22.9. The minimum atomic E-state index is -0.257. The number of carbonyl (C=O) groups excluding carboxylic acids is 1. The Labute approximate surface area is 127 Å². The molecular formula is C17H26N2O2. The molecule has 1 heterocycles. The number of carbonyl (C=O) groups is 1. The first-order valence-corrected chi connectivity index (χ1v) is 7.60. The van der Waals surface area contributed by atoms with Gasteiger partial charge in [-0.15, -0.1) is 0 Å². The summed E-state index contributed by atoms with van der Waals surface area (Å²) in [6, 6.07) is 8.22. The monoisotopic (exact) mass is 290 g/mol. The summed E-state index contributed by atoms with van der Waals surface area (Å²) >= 11 is 0. The second-order valence-corrected chi connectivity index (χ2v) is 6.48. The van der Waals surface area contributed by atoms with Crippen molar-refractivity contribution in [3.63, 3.8) is 0 Å². The predicted octanol–water partition coefficient (Wildman–Crippen LogP) is 1.77. The summed E-state index contributed by atoms with van der Waals surface area (Å²) in [4.78, 5) is 12.3.